The van der Waals surface area contributed by atoms with E-state index >= 15 is 0 Å². The fourth-order valence-electron chi connectivity index (χ4n) is 7.24. The van der Waals surface area contributed by atoms with Crippen molar-refractivity contribution in [3.8, 4) is 39.2 Å². The first-order chi connectivity index (χ1) is 25.0. The molecule has 0 bridgehead atoms. The number of likely N-dealkylation sites (tertiary alicyclic amines) is 1. The molecule has 52 heavy (non-hydrogen) atoms. The minimum Gasteiger partial charge on any atom is -0.481 e. The maximum atomic E-state index is 13.0. The Labute approximate surface area is 306 Å². The normalized spacial score (nSPS) is 15.7. The molecule has 1 atom stereocenters. The van der Waals surface area contributed by atoms with E-state index in [0.717, 1.165) is 54.5 Å². The lowest BCUT2D eigenvalue weighted by atomic mass is 9.91. The van der Waals surface area contributed by atoms with Crippen molar-refractivity contribution in [2.45, 2.75) is 59.3 Å². The van der Waals surface area contributed by atoms with Crippen LogP contribution in [0.15, 0.2) is 52.9 Å². The van der Waals surface area contributed by atoms with Gasteiger partial charge >= 0.3 is 5.97 Å². The van der Waals surface area contributed by atoms with Crippen molar-refractivity contribution in [2.24, 2.45) is 5.92 Å². The quantitative estimate of drug-likeness (QED) is 0.171. The van der Waals surface area contributed by atoms with Crippen molar-refractivity contribution in [3.63, 3.8) is 0 Å². The van der Waals surface area contributed by atoms with Crippen LogP contribution in [0.1, 0.15) is 52.6 Å². The number of aromatic nitrogens is 2. The molecule has 1 saturated heterocycles. The summed E-state index contributed by atoms with van der Waals surface area (Å²) in [4.78, 5) is 41.2. The summed E-state index contributed by atoms with van der Waals surface area (Å²) in [7, 11) is 1.85. The summed E-state index contributed by atoms with van der Waals surface area (Å²) in [6.45, 7) is 9.36. The number of thiazole rings is 1. The molecule has 5 aromatic rings. The van der Waals surface area contributed by atoms with Gasteiger partial charge in [0, 0.05) is 28.6 Å². The third-order valence-corrected chi connectivity index (χ3v) is 11.8. The van der Waals surface area contributed by atoms with E-state index in [2.05, 4.69) is 49.1 Å². The van der Waals surface area contributed by atoms with E-state index in [1.54, 1.807) is 11.3 Å². The Morgan fingerprint density at radius 1 is 1.04 bits per heavy atom. The summed E-state index contributed by atoms with van der Waals surface area (Å²) in [6.07, 6.45) is 1.24. The molecule has 0 spiro atoms. The highest BCUT2D eigenvalue weighted by atomic mass is 32.1. The minimum absolute atomic E-state index is 0.00517. The number of nitrogens with zero attached hydrogens (tertiary/aromatic N) is 6. The average Bonchev–Trinajstić information content (AvgIpc) is 3.86. The van der Waals surface area contributed by atoms with Gasteiger partial charge in [0.05, 0.1) is 43.4 Å². The van der Waals surface area contributed by atoms with Gasteiger partial charge in [-0.15, -0.1) is 11.3 Å². The number of hydrogen-bond donors (Lipinski definition) is 2. The van der Waals surface area contributed by atoms with Crippen LogP contribution in [-0.2, 0) is 29.2 Å². The monoisotopic (exact) mass is 718 g/mol. The Morgan fingerprint density at radius 2 is 1.71 bits per heavy atom. The molecule has 1 amide bonds. The Bertz CT molecular complexity index is 2190. The van der Waals surface area contributed by atoms with Crippen LogP contribution in [-0.4, -0.2) is 86.1 Å². The van der Waals surface area contributed by atoms with Gasteiger partial charge in [-0.2, -0.15) is 5.26 Å². The molecule has 11 nitrogen and oxygen atoms in total. The number of fused-ring (bicyclic) bond motifs is 2. The van der Waals surface area contributed by atoms with Crippen LogP contribution in [0.2, 0.25) is 0 Å². The number of amides is 1. The molecule has 4 heterocycles. The van der Waals surface area contributed by atoms with Crippen LogP contribution in [0.4, 0.5) is 0 Å². The SMILES string of the molecule is Cc1c(-c2nc3cc(CN4CCC(C(=O)O)CC4)cc(C#N)c3o2)cccc1-c1cccc(-c2nc3c(s2)CN(C(=O)CN(C)[C@@H](C)CO)C3)c1C. The van der Waals surface area contributed by atoms with E-state index in [9.17, 15) is 25.1 Å². The van der Waals surface area contributed by atoms with Gasteiger partial charge in [0.2, 0.25) is 11.8 Å². The largest absolute Gasteiger partial charge is 0.481 e. The fourth-order valence-corrected chi connectivity index (χ4v) is 8.40. The zero-order valence-corrected chi connectivity index (χ0v) is 30.7. The molecule has 7 rings (SSSR count). The van der Waals surface area contributed by atoms with Crippen LogP contribution < -0.4 is 0 Å². The summed E-state index contributed by atoms with van der Waals surface area (Å²) < 4.78 is 6.29. The number of nitriles is 1. The minimum atomic E-state index is -0.731. The number of benzene rings is 3. The average molecular weight is 719 g/mol. The topological polar surface area (TPSA) is 147 Å². The first-order valence-corrected chi connectivity index (χ1v) is 18.4. The van der Waals surface area contributed by atoms with Crippen molar-refractivity contribution in [2.75, 3.05) is 33.3 Å². The van der Waals surface area contributed by atoms with Gasteiger partial charge < -0.3 is 19.5 Å². The number of hydrogen-bond acceptors (Lipinski definition) is 10. The molecule has 12 heteroatoms. The Kier molecular flexibility index (Phi) is 9.96. The lowest BCUT2D eigenvalue weighted by Crippen LogP contribution is -2.41. The van der Waals surface area contributed by atoms with Crippen LogP contribution in [0.5, 0.6) is 0 Å². The van der Waals surface area contributed by atoms with E-state index in [-0.39, 0.29) is 31.0 Å². The van der Waals surface area contributed by atoms with Gasteiger partial charge in [-0.05, 0) is 99.8 Å². The van der Waals surface area contributed by atoms with E-state index in [0.29, 0.717) is 68.1 Å². The number of oxazole rings is 1. The molecular formula is C40H42N6O5S. The zero-order chi connectivity index (χ0) is 36.7. The summed E-state index contributed by atoms with van der Waals surface area (Å²) in [5.74, 6) is -0.548. The van der Waals surface area contributed by atoms with E-state index in [1.165, 1.54) is 0 Å². The number of aliphatic carboxylic acids is 1. The number of aliphatic hydroxyl groups excluding tert-OH is 1. The highest BCUT2D eigenvalue weighted by Gasteiger charge is 2.29. The van der Waals surface area contributed by atoms with Gasteiger partial charge in [-0.1, -0.05) is 30.3 Å². The maximum absolute atomic E-state index is 13.0. The Hall–Kier alpha value is -4.93. The molecule has 268 valence electrons. The molecule has 0 unspecified atom stereocenters. The number of carboxylic acids is 1. The Morgan fingerprint density at radius 3 is 2.37 bits per heavy atom. The van der Waals surface area contributed by atoms with Crippen LogP contribution in [0, 0.1) is 31.1 Å². The molecule has 3 aromatic carbocycles. The van der Waals surface area contributed by atoms with Gasteiger partial charge in [0.1, 0.15) is 16.6 Å². The van der Waals surface area contributed by atoms with Crippen molar-refractivity contribution in [3.05, 3.63) is 81.4 Å². The third kappa shape index (κ3) is 6.85. The summed E-state index contributed by atoms with van der Waals surface area (Å²) in [6, 6.07) is 18.4. The first-order valence-electron chi connectivity index (χ1n) is 17.6. The van der Waals surface area contributed by atoms with Gasteiger partial charge in [-0.25, -0.2) is 9.97 Å². The predicted octanol–water partition coefficient (Wildman–Crippen LogP) is 6.23. The van der Waals surface area contributed by atoms with E-state index in [4.69, 9.17) is 14.4 Å². The molecule has 2 aliphatic heterocycles. The fraction of sp³-hybridized carbons (Fsp3) is 0.375. The number of carbonyl (C=O) groups excluding carboxylic acids is 1. The van der Waals surface area contributed by atoms with Crippen LogP contribution in [0.25, 0.3) is 44.3 Å². The second kappa shape index (κ2) is 14.6. The zero-order valence-electron chi connectivity index (χ0n) is 29.8. The van der Waals surface area contributed by atoms with Crippen molar-refractivity contribution in [1.29, 1.82) is 5.26 Å². The smallest absolute Gasteiger partial charge is 0.306 e. The van der Waals surface area contributed by atoms with Crippen molar-refractivity contribution in [1.82, 2.24) is 24.7 Å². The lowest BCUT2D eigenvalue weighted by molar-refractivity contribution is -0.143. The standard InChI is InChI=1S/C40H42N6O5S/c1-23(22-47)44(4)21-36(48)46-19-34-35(20-46)52-39(43-34)32-10-6-8-30(25(32)3)29-7-5-9-31(24(29)2)38-42-33-16-26(15-28(17-41)37(33)51-38)18-45-13-11-27(12-14-45)40(49)50/h5-10,15-16,23,27,47H,11-14,18-22H2,1-4H3,(H,49,50)/t23-/m0/s1. The second-order valence-corrected chi connectivity index (χ2v) is 15.1. The number of carbonyl (C=O) groups is 2. The maximum Gasteiger partial charge on any atom is 0.306 e. The molecule has 0 aliphatic carbocycles. The number of aliphatic hydroxyl groups is 1. The van der Waals surface area contributed by atoms with Crippen LogP contribution >= 0.6 is 11.3 Å². The lowest BCUT2D eigenvalue weighted by Gasteiger charge is -2.30. The number of rotatable bonds is 10. The van der Waals surface area contributed by atoms with E-state index < -0.39 is 5.97 Å². The van der Waals surface area contributed by atoms with Gasteiger partial charge in [0.25, 0.3) is 0 Å². The molecule has 2 aromatic heterocycles. The predicted molar refractivity (Wildman–Crippen MR) is 199 cm³/mol. The summed E-state index contributed by atoms with van der Waals surface area (Å²) in [5, 5.41) is 29.7. The van der Waals surface area contributed by atoms with Gasteiger partial charge in [-0.3, -0.25) is 19.4 Å². The van der Waals surface area contributed by atoms with Crippen LogP contribution in [0.3, 0.4) is 0 Å². The highest BCUT2D eigenvalue weighted by molar-refractivity contribution is 7.15. The Balaban J connectivity index is 1.12. The molecular weight excluding hydrogens is 677 g/mol. The first kappa shape index (κ1) is 35.5. The molecule has 0 saturated carbocycles. The number of carboxylic acid groups (broad SMARTS) is 1. The van der Waals surface area contributed by atoms with Gasteiger partial charge in [0.15, 0.2) is 5.58 Å². The molecule has 2 N–H and O–H groups in total. The number of piperidine rings is 1. The molecule has 2 aliphatic rings. The van der Waals surface area contributed by atoms with Crippen molar-refractivity contribution >= 4 is 34.3 Å². The van der Waals surface area contributed by atoms with Crippen molar-refractivity contribution < 1.29 is 24.2 Å². The highest BCUT2D eigenvalue weighted by Crippen LogP contribution is 2.40. The summed E-state index contributed by atoms with van der Waals surface area (Å²) in [5.41, 5.74) is 9.52. The molecule has 0 radical (unpaired) electrons. The summed E-state index contributed by atoms with van der Waals surface area (Å²) >= 11 is 1.63. The van der Waals surface area contributed by atoms with E-state index in [1.807, 2.05) is 48.0 Å². The molecule has 1 fully saturated rings. The second-order valence-electron chi connectivity index (χ2n) is 14.1. The number of likely N-dealkylation sites (N-methyl/N-ethyl adjacent to an activating group) is 1. The third-order valence-electron chi connectivity index (χ3n) is 10.6.